The van der Waals surface area contributed by atoms with Crippen LogP contribution < -0.4 is 0 Å². The van der Waals surface area contributed by atoms with Gasteiger partial charge in [-0.2, -0.15) is 0 Å². The maximum Gasteiger partial charge on any atom is 0.0547 e. The van der Waals surface area contributed by atoms with Crippen molar-refractivity contribution in [3.05, 3.63) is 29.6 Å². The number of pyridine rings is 1. The summed E-state index contributed by atoms with van der Waals surface area (Å²) >= 11 is 0. The Morgan fingerprint density at radius 1 is 1.32 bits per heavy atom. The molecule has 3 rings (SSSR count). The second kappa shape index (κ2) is 5.59. The largest absolute Gasteiger partial charge is 0.298 e. The molecule has 2 saturated heterocycles. The average Bonchev–Trinajstić information content (AvgIpc) is 2.85. The van der Waals surface area contributed by atoms with Crippen LogP contribution in [0.25, 0.3) is 0 Å². The number of fused-ring (bicyclic) bond motifs is 1. The normalized spacial score (nSPS) is 28.5. The molecule has 1 aromatic rings. The van der Waals surface area contributed by atoms with Crippen molar-refractivity contribution in [1.82, 2.24) is 14.8 Å². The van der Waals surface area contributed by atoms with Gasteiger partial charge in [0.05, 0.1) is 5.69 Å². The van der Waals surface area contributed by atoms with Crippen molar-refractivity contribution in [1.29, 1.82) is 0 Å². The topological polar surface area (TPSA) is 19.4 Å². The van der Waals surface area contributed by atoms with Crippen LogP contribution >= 0.6 is 0 Å². The summed E-state index contributed by atoms with van der Waals surface area (Å²) in [5.74, 6) is 0. The van der Waals surface area contributed by atoms with Gasteiger partial charge in [0.15, 0.2) is 0 Å². The molecule has 1 aromatic heterocycles. The fraction of sp³-hybridized carbons (Fsp3) is 0.688. The molecule has 2 aliphatic heterocycles. The highest BCUT2D eigenvalue weighted by Gasteiger charge is 2.35. The van der Waals surface area contributed by atoms with E-state index in [1.165, 1.54) is 44.6 Å². The first-order valence-corrected chi connectivity index (χ1v) is 7.67. The summed E-state index contributed by atoms with van der Waals surface area (Å²) in [6.45, 7) is 9.22. The lowest BCUT2D eigenvalue weighted by Crippen LogP contribution is -2.55. The van der Waals surface area contributed by atoms with Gasteiger partial charge >= 0.3 is 0 Å². The molecule has 2 atom stereocenters. The molecule has 0 spiro atoms. The number of aryl methyl sites for hydroxylation is 1. The standard InChI is InChI=1S/C16H25N3/c1-3-15-11-18-9-5-8-16(18)12-19(15)10-14-7-4-6-13(2)17-14/h4,6-7,15-16H,3,5,8-12H2,1-2H3. The summed E-state index contributed by atoms with van der Waals surface area (Å²) in [7, 11) is 0. The zero-order valence-electron chi connectivity index (χ0n) is 12.2. The molecule has 0 N–H and O–H groups in total. The highest BCUT2D eigenvalue weighted by atomic mass is 15.3. The minimum absolute atomic E-state index is 0.705. The van der Waals surface area contributed by atoms with Crippen molar-refractivity contribution < 1.29 is 0 Å². The Morgan fingerprint density at radius 2 is 2.21 bits per heavy atom. The van der Waals surface area contributed by atoms with Gasteiger partial charge in [0, 0.05) is 37.4 Å². The maximum absolute atomic E-state index is 4.67. The molecule has 0 amide bonds. The summed E-state index contributed by atoms with van der Waals surface area (Å²) in [4.78, 5) is 10.0. The van der Waals surface area contributed by atoms with Crippen molar-refractivity contribution >= 4 is 0 Å². The number of hydrogen-bond acceptors (Lipinski definition) is 3. The third kappa shape index (κ3) is 2.82. The first-order chi connectivity index (χ1) is 9.26. The van der Waals surface area contributed by atoms with E-state index in [1.807, 2.05) is 0 Å². The predicted octanol–water partition coefficient (Wildman–Crippen LogP) is 2.45. The molecule has 2 unspecified atom stereocenters. The second-order valence-electron chi connectivity index (χ2n) is 6.05. The predicted molar refractivity (Wildman–Crippen MR) is 78.1 cm³/mol. The summed E-state index contributed by atoms with van der Waals surface area (Å²) in [5.41, 5.74) is 2.36. The zero-order chi connectivity index (χ0) is 13.2. The fourth-order valence-corrected chi connectivity index (χ4v) is 3.62. The van der Waals surface area contributed by atoms with Gasteiger partial charge in [-0.05, 0) is 44.9 Å². The molecule has 2 aliphatic rings. The molecule has 3 heterocycles. The van der Waals surface area contributed by atoms with Crippen LogP contribution in [0.2, 0.25) is 0 Å². The van der Waals surface area contributed by atoms with Crippen LogP contribution in [0.1, 0.15) is 37.6 Å². The van der Waals surface area contributed by atoms with E-state index in [-0.39, 0.29) is 0 Å². The fourth-order valence-electron chi connectivity index (χ4n) is 3.62. The molecule has 0 aliphatic carbocycles. The zero-order valence-corrected chi connectivity index (χ0v) is 12.2. The summed E-state index contributed by atoms with van der Waals surface area (Å²) in [6, 6.07) is 7.88. The molecule has 2 fully saturated rings. The van der Waals surface area contributed by atoms with E-state index in [2.05, 4.69) is 46.8 Å². The Morgan fingerprint density at radius 3 is 3.00 bits per heavy atom. The van der Waals surface area contributed by atoms with Gasteiger partial charge in [0.2, 0.25) is 0 Å². The van der Waals surface area contributed by atoms with E-state index in [0.717, 1.165) is 18.3 Å². The van der Waals surface area contributed by atoms with Crippen molar-refractivity contribution in [2.45, 2.75) is 51.7 Å². The van der Waals surface area contributed by atoms with E-state index in [4.69, 9.17) is 0 Å². The van der Waals surface area contributed by atoms with Gasteiger partial charge in [-0.1, -0.05) is 13.0 Å². The summed E-state index contributed by atoms with van der Waals surface area (Å²) in [6.07, 6.45) is 4.01. The number of rotatable bonds is 3. The lowest BCUT2D eigenvalue weighted by atomic mass is 10.0. The molecular weight excluding hydrogens is 234 g/mol. The van der Waals surface area contributed by atoms with E-state index < -0.39 is 0 Å². The van der Waals surface area contributed by atoms with Crippen molar-refractivity contribution in [3.8, 4) is 0 Å². The van der Waals surface area contributed by atoms with Crippen LogP contribution in [-0.2, 0) is 6.54 Å². The number of piperazine rings is 1. The third-order valence-electron chi connectivity index (χ3n) is 4.69. The second-order valence-corrected chi connectivity index (χ2v) is 6.05. The molecule has 0 radical (unpaired) electrons. The van der Waals surface area contributed by atoms with E-state index in [9.17, 15) is 0 Å². The van der Waals surface area contributed by atoms with Crippen LogP contribution in [0.4, 0.5) is 0 Å². The Bertz CT molecular complexity index is 432. The van der Waals surface area contributed by atoms with Crippen LogP contribution in [0, 0.1) is 6.92 Å². The van der Waals surface area contributed by atoms with Crippen molar-refractivity contribution in [2.75, 3.05) is 19.6 Å². The van der Waals surface area contributed by atoms with Crippen molar-refractivity contribution in [2.24, 2.45) is 0 Å². The lowest BCUT2D eigenvalue weighted by Gasteiger charge is -2.43. The van der Waals surface area contributed by atoms with Crippen LogP contribution in [0.15, 0.2) is 18.2 Å². The maximum atomic E-state index is 4.67. The lowest BCUT2D eigenvalue weighted by molar-refractivity contribution is 0.0428. The summed E-state index contributed by atoms with van der Waals surface area (Å²) < 4.78 is 0. The first-order valence-electron chi connectivity index (χ1n) is 7.67. The highest BCUT2D eigenvalue weighted by Crippen LogP contribution is 2.26. The molecule has 104 valence electrons. The van der Waals surface area contributed by atoms with Gasteiger partial charge in [-0.15, -0.1) is 0 Å². The highest BCUT2D eigenvalue weighted by molar-refractivity contribution is 5.10. The Hall–Kier alpha value is -0.930. The van der Waals surface area contributed by atoms with Crippen molar-refractivity contribution in [3.63, 3.8) is 0 Å². The molecular formula is C16H25N3. The van der Waals surface area contributed by atoms with E-state index >= 15 is 0 Å². The number of nitrogens with zero attached hydrogens (tertiary/aromatic N) is 3. The smallest absolute Gasteiger partial charge is 0.0547 e. The molecule has 0 bridgehead atoms. The average molecular weight is 259 g/mol. The van der Waals surface area contributed by atoms with Gasteiger partial charge in [0.25, 0.3) is 0 Å². The molecule has 0 aromatic carbocycles. The van der Waals surface area contributed by atoms with Gasteiger partial charge in [-0.25, -0.2) is 0 Å². The molecule has 0 saturated carbocycles. The number of hydrogen-bond donors (Lipinski definition) is 0. The van der Waals surface area contributed by atoms with Gasteiger partial charge in [-0.3, -0.25) is 14.8 Å². The van der Waals surface area contributed by atoms with E-state index in [0.29, 0.717) is 6.04 Å². The monoisotopic (exact) mass is 259 g/mol. The SMILES string of the molecule is CCC1CN2CCCC2CN1Cc1cccc(C)n1. The Labute approximate surface area is 116 Å². The third-order valence-corrected chi connectivity index (χ3v) is 4.69. The minimum Gasteiger partial charge on any atom is -0.298 e. The summed E-state index contributed by atoms with van der Waals surface area (Å²) in [5, 5.41) is 0. The molecule has 3 heteroatoms. The Balaban J connectivity index is 1.71. The first kappa shape index (κ1) is 13.1. The van der Waals surface area contributed by atoms with Crippen LogP contribution in [0.3, 0.4) is 0 Å². The number of aromatic nitrogens is 1. The molecule has 19 heavy (non-hydrogen) atoms. The minimum atomic E-state index is 0.705. The van der Waals surface area contributed by atoms with Crippen LogP contribution in [-0.4, -0.2) is 46.5 Å². The Kier molecular flexibility index (Phi) is 3.85. The van der Waals surface area contributed by atoms with Crippen LogP contribution in [0.5, 0.6) is 0 Å². The quantitative estimate of drug-likeness (QED) is 0.831. The van der Waals surface area contributed by atoms with Gasteiger partial charge < -0.3 is 0 Å². The molecule has 3 nitrogen and oxygen atoms in total. The van der Waals surface area contributed by atoms with Gasteiger partial charge in [0.1, 0.15) is 0 Å². The van der Waals surface area contributed by atoms with E-state index in [1.54, 1.807) is 0 Å².